The van der Waals surface area contributed by atoms with Crippen LogP contribution in [0.1, 0.15) is 25.3 Å². The molecule has 2 aromatic carbocycles. The molecule has 0 N–H and O–H groups in total. The predicted molar refractivity (Wildman–Crippen MR) is 91.3 cm³/mol. The van der Waals surface area contributed by atoms with Crippen LogP contribution in [0.2, 0.25) is 0 Å². The largest absolute Gasteiger partial charge is 0.340 e. The van der Waals surface area contributed by atoms with Crippen molar-refractivity contribution in [3.63, 3.8) is 0 Å². The summed E-state index contributed by atoms with van der Waals surface area (Å²) >= 11 is 1.62. The first-order valence-corrected chi connectivity index (χ1v) is 8.44. The maximum absolute atomic E-state index is 9.56. The monoisotopic (exact) mass is 296 g/mol. The summed E-state index contributed by atoms with van der Waals surface area (Å²) in [7, 11) is 0. The number of benzene rings is 2. The van der Waals surface area contributed by atoms with Gasteiger partial charge in [-0.05, 0) is 36.9 Å². The third kappa shape index (κ3) is 3.59. The van der Waals surface area contributed by atoms with Crippen LogP contribution in [0.3, 0.4) is 0 Å². The zero-order valence-corrected chi connectivity index (χ0v) is 13.4. The van der Waals surface area contributed by atoms with Gasteiger partial charge in [-0.3, -0.25) is 0 Å². The lowest BCUT2D eigenvalue weighted by Crippen LogP contribution is -2.19. The minimum Gasteiger partial charge on any atom is -0.340 e. The Kier molecular flexibility index (Phi) is 5.71. The number of nitriles is 1. The van der Waals surface area contributed by atoms with Crippen molar-refractivity contribution in [3.8, 4) is 6.07 Å². The Morgan fingerprint density at radius 2 is 1.86 bits per heavy atom. The van der Waals surface area contributed by atoms with Gasteiger partial charge in [0, 0.05) is 17.1 Å². The number of para-hydroxylation sites is 1. The van der Waals surface area contributed by atoms with Gasteiger partial charge < -0.3 is 4.90 Å². The Morgan fingerprint density at radius 3 is 2.48 bits per heavy atom. The number of hydrogen-bond donors (Lipinski definition) is 0. The summed E-state index contributed by atoms with van der Waals surface area (Å²) in [5, 5.41) is 9.56. The summed E-state index contributed by atoms with van der Waals surface area (Å²) in [5.41, 5.74) is 2.91. The number of anilines is 2. The Morgan fingerprint density at radius 1 is 1.10 bits per heavy atom. The zero-order chi connectivity index (χ0) is 15.1. The molecule has 0 aliphatic rings. The molecule has 0 heterocycles. The van der Waals surface area contributed by atoms with E-state index in [1.54, 1.807) is 11.8 Å². The molecule has 0 unspecified atom stereocenters. The fourth-order valence-corrected chi connectivity index (χ4v) is 2.91. The average Bonchev–Trinajstić information content (AvgIpc) is 2.55. The van der Waals surface area contributed by atoms with E-state index < -0.39 is 0 Å². The van der Waals surface area contributed by atoms with E-state index in [4.69, 9.17) is 0 Å². The van der Waals surface area contributed by atoms with Crippen molar-refractivity contribution in [2.75, 3.05) is 17.7 Å². The molecule has 2 nitrogen and oxygen atoms in total. The maximum Gasteiger partial charge on any atom is 0.103 e. The first kappa shape index (κ1) is 15.5. The summed E-state index contributed by atoms with van der Waals surface area (Å²) in [5.74, 6) is 0. The van der Waals surface area contributed by atoms with Gasteiger partial charge in [0.2, 0.25) is 0 Å². The highest BCUT2D eigenvalue weighted by Gasteiger charge is 2.15. The van der Waals surface area contributed by atoms with Crippen LogP contribution in [0.25, 0.3) is 0 Å². The lowest BCUT2D eigenvalue weighted by molar-refractivity contribution is 0.784. The quantitative estimate of drug-likeness (QED) is 0.684. The average molecular weight is 296 g/mol. The number of hydrogen-bond acceptors (Lipinski definition) is 3. The molecule has 0 saturated carbocycles. The van der Waals surface area contributed by atoms with Gasteiger partial charge in [0.05, 0.1) is 11.3 Å². The highest BCUT2D eigenvalue weighted by Crippen LogP contribution is 2.33. The molecule has 0 saturated heterocycles. The van der Waals surface area contributed by atoms with Crippen LogP contribution in [-0.2, 0) is 0 Å². The second-order valence-electron chi connectivity index (χ2n) is 4.81. The molecule has 0 atom stereocenters. The highest BCUT2D eigenvalue weighted by molar-refractivity contribution is 7.98. The standard InChI is InChI=1S/C18H20N2S/c1-3-4-13-20(15-9-6-5-7-10-15)17-11-8-12-18(21-2)16(17)14-19/h5-12H,3-4,13H2,1-2H3. The van der Waals surface area contributed by atoms with Crippen LogP contribution in [-0.4, -0.2) is 12.8 Å². The molecule has 3 heteroatoms. The van der Waals surface area contributed by atoms with Crippen molar-refractivity contribution in [2.45, 2.75) is 24.7 Å². The number of rotatable bonds is 6. The molecule has 2 aromatic rings. The molecule has 0 fully saturated rings. The Labute approximate surface area is 131 Å². The van der Waals surface area contributed by atoms with E-state index >= 15 is 0 Å². The molecule has 0 spiro atoms. The lowest BCUT2D eigenvalue weighted by atomic mass is 10.1. The van der Waals surface area contributed by atoms with Gasteiger partial charge in [-0.25, -0.2) is 0 Å². The first-order valence-electron chi connectivity index (χ1n) is 7.21. The van der Waals surface area contributed by atoms with Crippen molar-refractivity contribution >= 4 is 23.1 Å². The zero-order valence-electron chi connectivity index (χ0n) is 12.5. The fraction of sp³-hybridized carbons (Fsp3) is 0.278. The highest BCUT2D eigenvalue weighted by atomic mass is 32.2. The second kappa shape index (κ2) is 7.75. The Hall–Kier alpha value is -1.92. The minimum absolute atomic E-state index is 0.768. The van der Waals surface area contributed by atoms with Crippen molar-refractivity contribution in [1.82, 2.24) is 0 Å². The molecule has 0 amide bonds. The molecule has 0 bridgehead atoms. The molecule has 0 radical (unpaired) electrons. The van der Waals surface area contributed by atoms with E-state index in [9.17, 15) is 5.26 Å². The van der Waals surface area contributed by atoms with E-state index in [2.05, 4.69) is 30.0 Å². The van der Waals surface area contributed by atoms with Gasteiger partial charge >= 0.3 is 0 Å². The molecule has 0 aliphatic heterocycles. The van der Waals surface area contributed by atoms with E-state index in [0.29, 0.717) is 0 Å². The van der Waals surface area contributed by atoms with Crippen LogP contribution >= 0.6 is 11.8 Å². The topological polar surface area (TPSA) is 27.0 Å². The van der Waals surface area contributed by atoms with E-state index in [-0.39, 0.29) is 0 Å². The van der Waals surface area contributed by atoms with Gasteiger partial charge in [0.1, 0.15) is 6.07 Å². The van der Waals surface area contributed by atoms with Gasteiger partial charge in [0.15, 0.2) is 0 Å². The summed E-state index contributed by atoms with van der Waals surface area (Å²) < 4.78 is 0. The Bertz CT molecular complexity index is 617. The second-order valence-corrected chi connectivity index (χ2v) is 5.66. The van der Waals surface area contributed by atoms with Gasteiger partial charge in [-0.2, -0.15) is 5.26 Å². The van der Waals surface area contributed by atoms with Crippen molar-refractivity contribution in [2.24, 2.45) is 0 Å². The smallest absolute Gasteiger partial charge is 0.103 e. The lowest BCUT2D eigenvalue weighted by Gasteiger charge is -2.26. The fourth-order valence-electron chi connectivity index (χ4n) is 2.34. The Balaban J connectivity index is 2.49. The summed E-state index contributed by atoms with van der Waals surface area (Å²) in [6.45, 7) is 3.11. The van der Waals surface area contributed by atoms with Gasteiger partial charge in [-0.1, -0.05) is 37.6 Å². The van der Waals surface area contributed by atoms with Gasteiger partial charge in [0.25, 0.3) is 0 Å². The van der Waals surface area contributed by atoms with Gasteiger partial charge in [-0.15, -0.1) is 11.8 Å². The van der Waals surface area contributed by atoms with E-state index in [0.717, 1.165) is 41.2 Å². The summed E-state index contributed by atoms with van der Waals surface area (Å²) in [4.78, 5) is 3.29. The molecule has 108 valence electrons. The predicted octanol–water partition coefficient (Wildman–Crippen LogP) is 5.22. The maximum atomic E-state index is 9.56. The SMILES string of the molecule is CCCCN(c1ccccc1)c1cccc(SC)c1C#N. The summed E-state index contributed by atoms with van der Waals surface area (Å²) in [6.07, 6.45) is 4.25. The van der Waals surface area contributed by atoms with Crippen LogP contribution in [0.5, 0.6) is 0 Å². The van der Waals surface area contributed by atoms with E-state index in [1.807, 2.05) is 42.7 Å². The minimum atomic E-state index is 0.768. The molecular weight excluding hydrogens is 276 g/mol. The third-order valence-electron chi connectivity index (χ3n) is 3.43. The van der Waals surface area contributed by atoms with Crippen molar-refractivity contribution in [1.29, 1.82) is 5.26 Å². The molecule has 0 aromatic heterocycles. The van der Waals surface area contributed by atoms with Crippen LogP contribution < -0.4 is 4.90 Å². The normalized spacial score (nSPS) is 10.1. The molecular formula is C18H20N2S. The number of unbranched alkanes of at least 4 members (excludes halogenated alkanes) is 1. The van der Waals surface area contributed by atoms with E-state index in [1.165, 1.54) is 0 Å². The molecule has 2 rings (SSSR count). The number of nitrogens with zero attached hydrogens (tertiary/aromatic N) is 2. The van der Waals surface area contributed by atoms with Crippen LogP contribution in [0.15, 0.2) is 53.4 Å². The number of thioether (sulfide) groups is 1. The molecule has 21 heavy (non-hydrogen) atoms. The van der Waals surface area contributed by atoms with Crippen molar-refractivity contribution < 1.29 is 0 Å². The van der Waals surface area contributed by atoms with Crippen LogP contribution in [0, 0.1) is 11.3 Å². The third-order valence-corrected chi connectivity index (χ3v) is 4.21. The molecule has 0 aliphatic carbocycles. The van der Waals surface area contributed by atoms with Crippen LogP contribution in [0.4, 0.5) is 11.4 Å². The summed E-state index contributed by atoms with van der Waals surface area (Å²) in [6, 6.07) is 18.8. The van der Waals surface area contributed by atoms with Crippen molar-refractivity contribution in [3.05, 3.63) is 54.1 Å². The first-order chi connectivity index (χ1) is 10.3.